The zero-order valence-corrected chi connectivity index (χ0v) is 3.26. The van der Waals surface area contributed by atoms with E-state index in [0.29, 0.717) is 0 Å². The quantitative estimate of drug-likeness (QED) is 0.416. The van der Waals surface area contributed by atoms with Gasteiger partial charge in [-0.1, -0.05) is 0 Å². The first-order valence-electron chi connectivity index (χ1n) is 1.35. The van der Waals surface area contributed by atoms with Crippen molar-refractivity contribution in [3.8, 4) is 0 Å². The van der Waals surface area contributed by atoms with Gasteiger partial charge in [-0.25, -0.2) is 9.18 Å². The van der Waals surface area contributed by atoms with Gasteiger partial charge in [0.1, 0.15) is 0 Å². The molecule has 0 bridgehead atoms. The summed E-state index contributed by atoms with van der Waals surface area (Å²) in [5, 5.41) is 7.53. The summed E-state index contributed by atoms with van der Waals surface area (Å²) in [7, 11) is 0. The van der Waals surface area contributed by atoms with Gasteiger partial charge in [0.05, 0.1) is 0 Å². The zero-order chi connectivity index (χ0) is 5.70. The summed E-state index contributed by atoms with van der Waals surface area (Å²) in [6.45, 7) is -1.26. The molecule has 0 fully saturated rings. The number of hydrogen-bond acceptors (Lipinski definition) is 3. The van der Waals surface area contributed by atoms with Crippen molar-refractivity contribution in [2.45, 2.75) is 0 Å². The van der Waals surface area contributed by atoms with Gasteiger partial charge in [-0.2, -0.15) is 0 Å². The van der Waals surface area contributed by atoms with Crippen LogP contribution in [0.1, 0.15) is 0 Å². The second-order valence-corrected chi connectivity index (χ2v) is 0.576. The van der Waals surface area contributed by atoms with Gasteiger partial charge in [0.2, 0.25) is 6.86 Å². The van der Waals surface area contributed by atoms with Crippen LogP contribution in [0.15, 0.2) is 0 Å². The average molecular weight is 110 g/mol. The molecule has 42 valence electrons. The van der Waals surface area contributed by atoms with E-state index >= 15 is 0 Å². The average Bonchev–Trinajstić information content (AvgIpc) is 1.61. The summed E-state index contributed by atoms with van der Waals surface area (Å²) in [5.74, 6) is 0. The lowest BCUT2D eigenvalue weighted by Gasteiger charge is -1.88. The van der Waals surface area contributed by atoms with Gasteiger partial charge in [0, 0.05) is 0 Å². The molecule has 1 N–H and O–H groups in total. The fourth-order valence-electron chi connectivity index (χ4n) is 0.0727. The highest BCUT2D eigenvalue weighted by atomic mass is 19.1. The number of carbonyl (C=O) groups is 1. The third kappa shape index (κ3) is 5.16. The van der Waals surface area contributed by atoms with E-state index in [1.165, 1.54) is 0 Å². The number of halogens is 1. The van der Waals surface area contributed by atoms with E-state index in [2.05, 4.69) is 9.78 Å². The minimum absolute atomic E-state index is 1.26. The van der Waals surface area contributed by atoms with Gasteiger partial charge in [-0.3, -0.25) is 4.89 Å². The number of rotatable bonds is 2. The van der Waals surface area contributed by atoms with Crippen LogP contribution in [0, 0.1) is 0 Å². The fourth-order valence-corrected chi connectivity index (χ4v) is 0.0727. The van der Waals surface area contributed by atoms with Crippen LogP contribution in [-0.2, 0) is 9.78 Å². The Hall–Kier alpha value is -0.840. The molecule has 0 heterocycles. The molecule has 0 aromatic rings. The molecule has 7 heavy (non-hydrogen) atoms. The second-order valence-electron chi connectivity index (χ2n) is 0.576. The number of alkyl halides is 1. The van der Waals surface area contributed by atoms with E-state index in [4.69, 9.17) is 5.11 Å². The summed E-state index contributed by atoms with van der Waals surface area (Å²) in [6.07, 6.45) is -1.65. The van der Waals surface area contributed by atoms with Crippen molar-refractivity contribution in [1.82, 2.24) is 0 Å². The maximum Gasteiger partial charge on any atom is 0.537 e. The Labute approximate surface area is 38.4 Å². The van der Waals surface area contributed by atoms with Crippen molar-refractivity contribution in [2.75, 3.05) is 6.86 Å². The molecular formula is C2H3FO4. The molecule has 0 aromatic heterocycles. The smallest absolute Gasteiger partial charge is 0.448 e. The van der Waals surface area contributed by atoms with Gasteiger partial charge in [-0.05, 0) is 0 Å². The standard InChI is InChI=1S/C2H3FO4/c3-1-6-7-2(4)5/h1H2,(H,4,5). The van der Waals surface area contributed by atoms with Crippen LogP contribution in [-0.4, -0.2) is 18.1 Å². The van der Waals surface area contributed by atoms with Crippen LogP contribution in [0.25, 0.3) is 0 Å². The van der Waals surface area contributed by atoms with E-state index in [1.807, 2.05) is 0 Å². The third-order valence-corrected chi connectivity index (χ3v) is 0.175. The molecule has 0 aromatic carbocycles. The number of hydrogen-bond donors (Lipinski definition) is 1. The summed E-state index contributed by atoms with van der Waals surface area (Å²) in [5.41, 5.74) is 0. The van der Waals surface area contributed by atoms with E-state index in [9.17, 15) is 9.18 Å². The maximum atomic E-state index is 10.7. The minimum atomic E-state index is -1.65. The summed E-state index contributed by atoms with van der Waals surface area (Å²) >= 11 is 0. The maximum absolute atomic E-state index is 10.7. The van der Waals surface area contributed by atoms with Crippen molar-refractivity contribution >= 4 is 6.16 Å². The van der Waals surface area contributed by atoms with Gasteiger partial charge in [0.15, 0.2) is 0 Å². The molecule has 0 aliphatic carbocycles. The molecule has 0 atom stereocenters. The van der Waals surface area contributed by atoms with Gasteiger partial charge in [-0.15, -0.1) is 4.89 Å². The van der Waals surface area contributed by atoms with E-state index in [1.54, 1.807) is 0 Å². The SMILES string of the molecule is O=C(O)OOCF. The molecule has 0 rings (SSSR count). The first-order chi connectivity index (χ1) is 3.27. The molecule has 0 spiro atoms. The molecule has 0 saturated carbocycles. The first-order valence-corrected chi connectivity index (χ1v) is 1.35. The second kappa shape index (κ2) is 3.35. The predicted molar refractivity (Wildman–Crippen MR) is 16.2 cm³/mol. The zero-order valence-electron chi connectivity index (χ0n) is 3.26. The van der Waals surface area contributed by atoms with Crippen LogP contribution in [0.3, 0.4) is 0 Å². The summed E-state index contributed by atoms with van der Waals surface area (Å²) < 4.78 is 10.7. The molecule has 0 radical (unpaired) electrons. The number of carboxylic acid groups (broad SMARTS) is 1. The van der Waals surface area contributed by atoms with Gasteiger partial charge >= 0.3 is 6.16 Å². The topological polar surface area (TPSA) is 55.8 Å². The van der Waals surface area contributed by atoms with Crippen LogP contribution >= 0.6 is 0 Å². The van der Waals surface area contributed by atoms with E-state index < -0.39 is 13.0 Å². The monoisotopic (exact) mass is 110 g/mol. The van der Waals surface area contributed by atoms with E-state index in [-0.39, 0.29) is 0 Å². The van der Waals surface area contributed by atoms with Crippen LogP contribution in [0.4, 0.5) is 9.18 Å². The summed E-state index contributed by atoms with van der Waals surface area (Å²) in [4.78, 5) is 15.8. The summed E-state index contributed by atoms with van der Waals surface area (Å²) in [6, 6.07) is 0. The molecule has 5 heteroatoms. The fraction of sp³-hybridized carbons (Fsp3) is 0.500. The van der Waals surface area contributed by atoms with Crippen molar-refractivity contribution in [2.24, 2.45) is 0 Å². The highest BCUT2D eigenvalue weighted by molar-refractivity contribution is 5.55. The van der Waals surface area contributed by atoms with Crippen LogP contribution in [0.2, 0.25) is 0 Å². The van der Waals surface area contributed by atoms with Crippen molar-refractivity contribution in [1.29, 1.82) is 0 Å². The highest BCUT2D eigenvalue weighted by Gasteiger charge is 1.92. The van der Waals surface area contributed by atoms with Gasteiger partial charge in [0.25, 0.3) is 0 Å². The third-order valence-electron chi connectivity index (χ3n) is 0.175. The van der Waals surface area contributed by atoms with E-state index in [0.717, 1.165) is 0 Å². The lowest BCUT2D eigenvalue weighted by atomic mass is 11.4. The Bertz CT molecular complexity index is 62.7. The molecule has 0 aliphatic heterocycles. The first kappa shape index (κ1) is 6.16. The molecule has 0 unspecified atom stereocenters. The molecular weight excluding hydrogens is 107 g/mol. The lowest BCUT2D eigenvalue weighted by Crippen LogP contribution is -1.99. The Kier molecular flexibility index (Phi) is 2.95. The van der Waals surface area contributed by atoms with Crippen LogP contribution < -0.4 is 0 Å². The van der Waals surface area contributed by atoms with Crippen molar-refractivity contribution in [3.05, 3.63) is 0 Å². The predicted octanol–water partition coefficient (Wildman–Crippen LogP) is 0.540. The molecule has 0 aliphatic rings. The Balaban J connectivity index is 2.82. The van der Waals surface area contributed by atoms with Crippen LogP contribution in [0.5, 0.6) is 0 Å². The van der Waals surface area contributed by atoms with Gasteiger partial charge < -0.3 is 5.11 Å². The minimum Gasteiger partial charge on any atom is -0.448 e. The Morgan fingerprint density at radius 2 is 2.43 bits per heavy atom. The van der Waals surface area contributed by atoms with Crippen molar-refractivity contribution < 1.29 is 24.1 Å². The lowest BCUT2D eigenvalue weighted by molar-refractivity contribution is -0.273. The largest absolute Gasteiger partial charge is 0.537 e. The Morgan fingerprint density at radius 3 is 2.57 bits per heavy atom. The molecule has 0 amide bonds. The molecule has 4 nitrogen and oxygen atoms in total. The molecule has 0 saturated heterocycles. The highest BCUT2D eigenvalue weighted by Crippen LogP contribution is 1.77. The Morgan fingerprint density at radius 1 is 1.86 bits per heavy atom. The normalized spacial score (nSPS) is 8.14. The van der Waals surface area contributed by atoms with Crippen molar-refractivity contribution in [3.63, 3.8) is 0 Å².